The molecule has 38 valence electrons. The highest BCUT2D eigenvalue weighted by Crippen LogP contribution is 2.00. The Morgan fingerprint density at radius 2 is 3.00 bits per heavy atom. The molecule has 1 N–H and O–H groups in total. The van der Waals surface area contributed by atoms with E-state index in [0.717, 1.165) is 17.1 Å². The molecule has 1 heterocycles. The van der Waals surface area contributed by atoms with E-state index in [1.54, 1.807) is 0 Å². The van der Waals surface area contributed by atoms with Crippen LogP contribution in [0.1, 0.15) is 4.11 Å². The summed E-state index contributed by atoms with van der Waals surface area (Å²) in [5.74, 6) is -0.142. The molecule has 3 heteroatoms. The van der Waals surface area contributed by atoms with Crippen molar-refractivity contribution in [3.05, 3.63) is 12.4 Å². The number of aryl methyl sites for hydroxylation is 1. The molecule has 0 bridgehead atoms. The molecule has 1 rings (SSSR count). The van der Waals surface area contributed by atoms with Crippen LogP contribution in [-0.2, 0) is 6.98 Å². The summed E-state index contributed by atoms with van der Waals surface area (Å²) in [7, 11) is 0. The Labute approximate surface area is 45.4 Å². The van der Waals surface area contributed by atoms with Crippen LogP contribution in [0, 0.1) is 0 Å². The summed E-state index contributed by atoms with van der Waals surface area (Å²) < 4.78 is 21.2. The third-order valence-electron chi connectivity index (χ3n) is 0.569. The van der Waals surface area contributed by atoms with Crippen LogP contribution in [0.2, 0.25) is 0 Å². The van der Waals surface area contributed by atoms with Crippen molar-refractivity contribution in [3.63, 3.8) is 0 Å². The number of aromatic nitrogens is 2. The summed E-state index contributed by atoms with van der Waals surface area (Å²) in [5, 5.41) is 12.1. The number of hydrogen-bond donors (Lipinski definition) is 1. The molecule has 0 fully saturated rings. The first-order valence-corrected chi connectivity index (χ1v) is 1.74. The Bertz CT molecular complexity index is 229. The molecule has 7 heavy (non-hydrogen) atoms. The molecule has 1 aromatic heterocycles. The van der Waals surface area contributed by atoms with Gasteiger partial charge in [-0.15, -0.1) is 0 Å². The van der Waals surface area contributed by atoms with Crippen LogP contribution >= 0.6 is 0 Å². The van der Waals surface area contributed by atoms with Gasteiger partial charge in [-0.2, -0.15) is 5.10 Å². The summed E-state index contributed by atoms with van der Waals surface area (Å²) >= 11 is 0. The largest absolute Gasteiger partial charge is 0.505 e. The fourth-order valence-corrected chi connectivity index (χ4v) is 0.313. The van der Waals surface area contributed by atoms with E-state index in [0.29, 0.717) is 0 Å². The fourth-order valence-electron chi connectivity index (χ4n) is 0.313. The third-order valence-corrected chi connectivity index (χ3v) is 0.569. The molecule has 0 unspecified atom stereocenters. The normalized spacial score (nSPS) is 17.4. The molecule has 0 saturated carbocycles. The van der Waals surface area contributed by atoms with Crippen molar-refractivity contribution < 1.29 is 9.22 Å². The minimum atomic E-state index is -2.29. The van der Waals surface area contributed by atoms with Crippen molar-refractivity contribution in [2.75, 3.05) is 0 Å². The minimum absolute atomic E-state index is 0.142. The zero-order valence-corrected chi connectivity index (χ0v) is 3.50. The SMILES string of the molecule is [2H]C([2H])([2H])n1cc(O)cn1. The predicted octanol–water partition coefficient (Wildman–Crippen LogP) is 0.126. The molecule has 0 aliphatic rings. The first kappa shape index (κ1) is 1.86. The highest BCUT2D eigenvalue weighted by Gasteiger charge is 1.84. The van der Waals surface area contributed by atoms with Crippen molar-refractivity contribution in [3.8, 4) is 5.75 Å². The van der Waals surface area contributed by atoms with Crippen LogP contribution in [-0.4, -0.2) is 14.9 Å². The van der Waals surface area contributed by atoms with Crippen LogP contribution in [0.3, 0.4) is 0 Å². The Kier molecular flexibility index (Phi) is 0.333. The molecule has 0 spiro atoms. The summed E-state index contributed by atoms with van der Waals surface area (Å²) in [4.78, 5) is 0. The second-order valence-corrected chi connectivity index (χ2v) is 1.14. The molecular weight excluding hydrogens is 92.1 g/mol. The molecule has 0 aliphatic carbocycles. The maximum absolute atomic E-state index is 8.68. The second-order valence-electron chi connectivity index (χ2n) is 1.14. The average molecular weight is 101 g/mol. The van der Waals surface area contributed by atoms with E-state index in [4.69, 9.17) is 9.22 Å². The lowest BCUT2D eigenvalue weighted by Gasteiger charge is -1.77. The van der Waals surface area contributed by atoms with Crippen LogP contribution in [0.4, 0.5) is 0 Å². The number of rotatable bonds is 0. The van der Waals surface area contributed by atoms with Gasteiger partial charge in [-0.25, -0.2) is 0 Å². The first-order chi connectivity index (χ1) is 4.50. The highest BCUT2D eigenvalue weighted by atomic mass is 16.3. The van der Waals surface area contributed by atoms with Gasteiger partial charge in [0.1, 0.15) is 0 Å². The molecule has 1 aromatic rings. The smallest absolute Gasteiger partial charge is 0.153 e. The minimum Gasteiger partial charge on any atom is -0.505 e. The molecule has 3 nitrogen and oxygen atoms in total. The lowest BCUT2D eigenvalue weighted by atomic mass is 10.7. The van der Waals surface area contributed by atoms with Crippen LogP contribution in [0.5, 0.6) is 5.75 Å². The standard InChI is InChI=1S/C4H6N2O/c1-6-3-4(7)2-5-6/h2-3,7H,1H3/i1D3. The van der Waals surface area contributed by atoms with Crippen LogP contribution < -0.4 is 0 Å². The van der Waals surface area contributed by atoms with Gasteiger partial charge < -0.3 is 5.11 Å². The van der Waals surface area contributed by atoms with Gasteiger partial charge in [-0.1, -0.05) is 0 Å². The topological polar surface area (TPSA) is 38.0 Å². The summed E-state index contributed by atoms with van der Waals surface area (Å²) in [6.07, 6.45) is 2.12. The van der Waals surface area contributed by atoms with Gasteiger partial charge in [0, 0.05) is 11.1 Å². The quantitative estimate of drug-likeness (QED) is 0.504. The van der Waals surface area contributed by atoms with Gasteiger partial charge in [0.15, 0.2) is 5.75 Å². The molecule has 0 aliphatic heterocycles. The maximum Gasteiger partial charge on any atom is 0.153 e. The van der Waals surface area contributed by atoms with Crippen molar-refractivity contribution >= 4 is 0 Å². The molecule has 0 aromatic carbocycles. The fraction of sp³-hybridized carbons (Fsp3) is 0.250. The van der Waals surface area contributed by atoms with Crippen LogP contribution in [0.25, 0.3) is 0 Å². The van der Waals surface area contributed by atoms with Crippen molar-refractivity contribution in [1.82, 2.24) is 9.78 Å². The molecule has 0 amide bonds. The Morgan fingerprint density at radius 1 is 2.14 bits per heavy atom. The zero-order chi connectivity index (χ0) is 7.78. The van der Waals surface area contributed by atoms with Crippen molar-refractivity contribution in [1.29, 1.82) is 0 Å². The van der Waals surface area contributed by atoms with Crippen molar-refractivity contribution in [2.45, 2.75) is 0 Å². The van der Waals surface area contributed by atoms with Gasteiger partial charge in [-0.05, 0) is 0 Å². The molecular formula is C4H6N2O. The van der Waals surface area contributed by atoms with Gasteiger partial charge in [-0.3, -0.25) is 4.68 Å². The van der Waals surface area contributed by atoms with E-state index in [1.807, 2.05) is 0 Å². The zero-order valence-electron chi connectivity index (χ0n) is 6.50. The van der Waals surface area contributed by atoms with E-state index in [2.05, 4.69) is 5.10 Å². The first-order valence-electron chi connectivity index (χ1n) is 3.24. The van der Waals surface area contributed by atoms with E-state index in [-0.39, 0.29) is 5.75 Å². The number of nitrogens with zero attached hydrogens (tertiary/aromatic N) is 2. The van der Waals surface area contributed by atoms with E-state index in [1.165, 1.54) is 0 Å². The van der Waals surface area contributed by atoms with Gasteiger partial charge in [0.25, 0.3) is 0 Å². The summed E-state index contributed by atoms with van der Waals surface area (Å²) in [6, 6.07) is 0. The van der Waals surface area contributed by atoms with E-state index < -0.39 is 6.98 Å². The summed E-state index contributed by atoms with van der Waals surface area (Å²) in [6.45, 7) is -2.29. The average Bonchev–Trinajstić information content (AvgIpc) is 2.11. The van der Waals surface area contributed by atoms with E-state index in [9.17, 15) is 0 Å². The molecule has 0 atom stereocenters. The van der Waals surface area contributed by atoms with Gasteiger partial charge in [0.05, 0.1) is 12.4 Å². The van der Waals surface area contributed by atoms with Crippen LogP contribution in [0.15, 0.2) is 12.4 Å². The maximum atomic E-state index is 8.68. The highest BCUT2D eigenvalue weighted by molar-refractivity contribution is 5.07. The van der Waals surface area contributed by atoms with Crippen molar-refractivity contribution in [2.24, 2.45) is 6.98 Å². The van der Waals surface area contributed by atoms with E-state index >= 15 is 0 Å². The Balaban J connectivity index is 2.96. The Hall–Kier alpha value is -0.990. The monoisotopic (exact) mass is 101 g/mol. The lowest BCUT2D eigenvalue weighted by molar-refractivity contribution is 0.474. The summed E-state index contributed by atoms with van der Waals surface area (Å²) in [5.41, 5.74) is 0. The lowest BCUT2D eigenvalue weighted by Crippen LogP contribution is -1.83. The van der Waals surface area contributed by atoms with Gasteiger partial charge in [0.2, 0.25) is 0 Å². The number of aromatic hydroxyl groups is 1. The Morgan fingerprint density at radius 3 is 3.29 bits per heavy atom. The molecule has 0 radical (unpaired) electrons. The number of hydrogen-bond acceptors (Lipinski definition) is 2. The second kappa shape index (κ2) is 1.26. The predicted molar refractivity (Wildman–Crippen MR) is 24.9 cm³/mol. The van der Waals surface area contributed by atoms with Gasteiger partial charge >= 0.3 is 0 Å². The molecule has 0 saturated heterocycles. The third kappa shape index (κ3) is 0.707.